The summed E-state index contributed by atoms with van der Waals surface area (Å²) in [5.74, 6) is 1.94. The smallest absolute Gasteiger partial charge is 0.138 e. The van der Waals surface area contributed by atoms with E-state index in [0.29, 0.717) is 0 Å². The molecule has 0 aromatic carbocycles. The highest BCUT2D eigenvalue weighted by Gasteiger charge is 2.10. The SMILES string of the molecule is CCn1ncnc1CC(N)CCc1ccco1. The van der Waals surface area contributed by atoms with Gasteiger partial charge in [-0.25, -0.2) is 4.98 Å². The molecule has 2 N–H and O–H groups in total. The van der Waals surface area contributed by atoms with Crippen LogP contribution in [0, 0.1) is 0 Å². The summed E-state index contributed by atoms with van der Waals surface area (Å²) in [4.78, 5) is 4.22. The average molecular weight is 234 g/mol. The average Bonchev–Trinajstić information content (AvgIpc) is 2.97. The Hall–Kier alpha value is -1.62. The molecule has 0 amide bonds. The molecule has 1 atom stereocenters. The highest BCUT2D eigenvalue weighted by Crippen LogP contribution is 2.07. The lowest BCUT2D eigenvalue weighted by Gasteiger charge is -2.10. The number of hydrogen-bond acceptors (Lipinski definition) is 4. The maximum Gasteiger partial charge on any atom is 0.138 e. The molecule has 0 aliphatic carbocycles. The first kappa shape index (κ1) is 11.9. The van der Waals surface area contributed by atoms with Crippen molar-refractivity contribution in [2.24, 2.45) is 5.73 Å². The van der Waals surface area contributed by atoms with E-state index in [4.69, 9.17) is 10.2 Å². The third-order valence-electron chi connectivity index (χ3n) is 2.78. The summed E-state index contributed by atoms with van der Waals surface area (Å²) < 4.78 is 7.16. The summed E-state index contributed by atoms with van der Waals surface area (Å²) in [5, 5.41) is 4.13. The Morgan fingerprint density at radius 1 is 1.53 bits per heavy atom. The normalized spacial score (nSPS) is 12.8. The van der Waals surface area contributed by atoms with Gasteiger partial charge in [-0.05, 0) is 25.5 Å². The topological polar surface area (TPSA) is 69.9 Å². The minimum absolute atomic E-state index is 0.0922. The van der Waals surface area contributed by atoms with Crippen molar-refractivity contribution in [2.45, 2.75) is 38.8 Å². The molecule has 0 fully saturated rings. The van der Waals surface area contributed by atoms with E-state index >= 15 is 0 Å². The van der Waals surface area contributed by atoms with Gasteiger partial charge >= 0.3 is 0 Å². The van der Waals surface area contributed by atoms with Gasteiger partial charge in [0.2, 0.25) is 0 Å². The van der Waals surface area contributed by atoms with E-state index in [1.165, 1.54) is 0 Å². The lowest BCUT2D eigenvalue weighted by Crippen LogP contribution is -2.25. The van der Waals surface area contributed by atoms with Gasteiger partial charge < -0.3 is 10.2 Å². The van der Waals surface area contributed by atoms with Crippen LogP contribution in [0.2, 0.25) is 0 Å². The zero-order chi connectivity index (χ0) is 12.1. The summed E-state index contributed by atoms with van der Waals surface area (Å²) in [5.41, 5.74) is 6.08. The quantitative estimate of drug-likeness (QED) is 0.820. The van der Waals surface area contributed by atoms with Gasteiger partial charge in [-0.3, -0.25) is 4.68 Å². The van der Waals surface area contributed by atoms with Crippen LogP contribution in [-0.2, 0) is 19.4 Å². The van der Waals surface area contributed by atoms with Crippen molar-refractivity contribution in [3.8, 4) is 0 Å². The van der Waals surface area contributed by atoms with Gasteiger partial charge in [0.25, 0.3) is 0 Å². The Kier molecular flexibility index (Phi) is 3.93. The molecular formula is C12H18N4O. The van der Waals surface area contributed by atoms with Gasteiger partial charge in [0.05, 0.1) is 6.26 Å². The Balaban J connectivity index is 1.83. The molecule has 2 rings (SSSR count). The second-order valence-corrected chi connectivity index (χ2v) is 4.07. The van der Waals surface area contributed by atoms with Crippen molar-refractivity contribution in [2.75, 3.05) is 0 Å². The van der Waals surface area contributed by atoms with Crippen LogP contribution in [0.4, 0.5) is 0 Å². The number of aryl methyl sites for hydroxylation is 2. The van der Waals surface area contributed by atoms with Crippen LogP contribution in [0.15, 0.2) is 29.1 Å². The third kappa shape index (κ3) is 3.17. The molecule has 5 heteroatoms. The van der Waals surface area contributed by atoms with E-state index in [1.807, 2.05) is 23.7 Å². The number of hydrogen-bond donors (Lipinski definition) is 1. The van der Waals surface area contributed by atoms with Crippen molar-refractivity contribution in [1.82, 2.24) is 14.8 Å². The Morgan fingerprint density at radius 2 is 2.41 bits per heavy atom. The highest BCUT2D eigenvalue weighted by molar-refractivity contribution is 4.99. The maximum atomic E-state index is 6.08. The summed E-state index contributed by atoms with van der Waals surface area (Å²) in [6.45, 7) is 2.88. The Labute approximate surface area is 101 Å². The molecule has 17 heavy (non-hydrogen) atoms. The molecule has 0 spiro atoms. The molecule has 0 radical (unpaired) electrons. The van der Waals surface area contributed by atoms with Gasteiger partial charge in [0.15, 0.2) is 0 Å². The van der Waals surface area contributed by atoms with Crippen LogP contribution >= 0.6 is 0 Å². The Morgan fingerprint density at radius 3 is 3.12 bits per heavy atom. The Bertz CT molecular complexity index is 435. The van der Waals surface area contributed by atoms with Crippen molar-refractivity contribution >= 4 is 0 Å². The van der Waals surface area contributed by atoms with Gasteiger partial charge in [-0.15, -0.1) is 0 Å². The van der Waals surface area contributed by atoms with Crippen LogP contribution in [0.25, 0.3) is 0 Å². The van der Waals surface area contributed by atoms with Crippen molar-refractivity contribution < 1.29 is 4.42 Å². The molecule has 0 aliphatic heterocycles. The van der Waals surface area contributed by atoms with Crippen LogP contribution in [0.5, 0.6) is 0 Å². The number of nitrogens with two attached hydrogens (primary N) is 1. The fourth-order valence-electron chi connectivity index (χ4n) is 1.83. The predicted molar refractivity (Wildman–Crippen MR) is 64.4 cm³/mol. The molecular weight excluding hydrogens is 216 g/mol. The van der Waals surface area contributed by atoms with E-state index in [0.717, 1.165) is 37.4 Å². The molecule has 0 saturated heterocycles. The first-order valence-corrected chi connectivity index (χ1v) is 5.94. The van der Waals surface area contributed by atoms with Crippen molar-refractivity contribution in [3.05, 3.63) is 36.3 Å². The molecule has 92 valence electrons. The molecule has 0 bridgehead atoms. The van der Waals surface area contributed by atoms with Gasteiger partial charge in [-0.2, -0.15) is 5.10 Å². The van der Waals surface area contributed by atoms with E-state index in [9.17, 15) is 0 Å². The maximum absolute atomic E-state index is 6.08. The van der Waals surface area contributed by atoms with Gasteiger partial charge in [0, 0.05) is 25.4 Å². The summed E-state index contributed by atoms with van der Waals surface area (Å²) in [7, 11) is 0. The minimum Gasteiger partial charge on any atom is -0.469 e. The summed E-state index contributed by atoms with van der Waals surface area (Å²) in [6.07, 6.45) is 5.79. The largest absolute Gasteiger partial charge is 0.469 e. The molecule has 0 aliphatic rings. The third-order valence-corrected chi connectivity index (χ3v) is 2.78. The fraction of sp³-hybridized carbons (Fsp3) is 0.500. The van der Waals surface area contributed by atoms with E-state index in [2.05, 4.69) is 10.1 Å². The van der Waals surface area contributed by atoms with Crippen molar-refractivity contribution in [3.63, 3.8) is 0 Å². The monoisotopic (exact) mass is 234 g/mol. The second kappa shape index (κ2) is 5.63. The summed E-state index contributed by atoms with van der Waals surface area (Å²) >= 11 is 0. The summed E-state index contributed by atoms with van der Waals surface area (Å²) in [6, 6.07) is 3.96. The molecule has 2 aromatic heterocycles. The van der Waals surface area contributed by atoms with E-state index < -0.39 is 0 Å². The molecule has 5 nitrogen and oxygen atoms in total. The first-order valence-electron chi connectivity index (χ1n) is 5.94. The van der Waals surface area contributed by atoms with Gasteiger partial charge in [0.1, 0.15) is 17.9 Å². The number of nitrogens with zero attached hydrogens (tertiary/aromatic N) is 3. The predicted octanol–water partition coefficient (Wildman–Crippen LogP) is 1.39. The minimum atomic E-state index is 0.0922. The number of rotatable bonds is 6. The van der Waals surface area contributed by atoms with E-state index in [1.54, 1.807) is 12.6 Å². The van der Waals surface area contributed by atoms with Crippen LogP contribution in [0.3, 0.4) is 0 Å². The van der Waals surface area contributed by atoms with Crippen molar-refractivity contribution in [1.29, 1.82) is 0 Å². The lowest BCUT2D eigenvalue weighted by atomic mass is 10.1. The zero-order valence-corrected chi connectivity index (χ0v) is 10.0. The first-order chi connectivity index (χ1) is 8.29. The van der Waals surface area contributed by atoms with Crippen LogP contribution in [-0.4, -0.2) is 20.8 Å². The highest BCUT2D eigenvalue weighted by atomic mass is 16.3. The number of aromatic nitrogens is 3. The molecule has 0 saturated carbocycles. The van der Waals surface area contributed by atoms with Crippen LogP contribution < -0.4 is 5.73 Å². The molecule has 2 heterocycles. The lowest BCUT2D eigenvalue weighted by molar-refractivity contribution is 0.477. The van der Waals surface area contributed by atoms with Crippen LogP contribution in [0.1, 0.15) is 24.9 Å². The standard InChI is InChI=1S/C12H18N4O/c1-2-16-12(14-9-15-16)8-10(13)5-6-11-4-3-7-17-11/h3-4,7,9-10H,2,5-6,8,13H2,1H3. The second-order valence-electron chi connectivity index (χ2n) is 4.07. The van der Waals surface area contributed by atoms with Gasteiger partial charge in [-0.1, -0.05) is 0 Å². The zero-order valence-electron chi connectivity index (χ0n) is 10.0. The molecule has 2 aromatic rings. The van der Waals surface area contributed by atoms with E-state index in [-0.39, 0.29) is 6.04 Å². The fourth-order valence-corrected chi connectivity index (χ4v) is 1.83. The molecule has 1 unspecified atom stereocenters. The number of furan rings is 1.